The Morgan fingerprint density at radius 3 is 2.83 bits per heavy atom. The SMILES string of the molecule is CCc1cc2c(c(C(=O)CCl)c1)OC(C)C(=O)N2. The van der Waals surface area contributed by atoms with E-state index in [4.69, 9.17) is 16.3 Å². The summed E-state index contributed by atoms with van der Waals surface area (Å²) in [4.78, 5) is 23.4. The molecule has 0 aliphatic carbocycles. The third-order valence-electron chi connectivity index (χ3n) is 2.90. The highest BCUT2D eigenvalue weighted by molar-refractivity contribution is 6.31. The van der Waals surface area contributed by atoms with Crippen molar-refractivity contribution < 1.29 is 14.3 Å². The zero-order valence-electron chi connectivity index (χ0n) is 10.2. The number of Topliss-reactive ketones (excluding diaryl/α,β-unsaturated/α-hetero) is 1. The highest BCUT2D eigenvalue weighted by atomic mass is 35.5. The van der Waals surface area contributed by atoms with Gasteiger partial charge in [0, 0.05) is 0 Å². The maximum Gasteiger partial charge on any atom is 0.265 e. The highest BCUT2D eigenvalue weighted by Gasteiger charge is 2.28. The third kappa shape index (κ3) is 2.20. The number of ether oxygens (including phenoxy) is 1. The molecule has 0 radical (unpaired) electrons. The van der Waals surface area contributed by atoms with Gasteiger partial charge in [-0.3, -0.25) is 9.59 Å². The molecule has 96 valence electrons. The standard InChI is InChI=1S/C13H14ClNO3/c1-3-8-4-9(11(16)6-14)12-10(5-8)15-13(17)7(2)18-12/h4-5,7H,3,6H2,1-2H3,(H,15,17). The summed E-state index contributed by atoms with van der Waals surface area (Å²) in [5, 5.41) is 2.74. The first kappa shape index (κ1) is 12.9. The molecule has 2 rings (SSSR count). The maximum absolute atomic E-state index is 11.8. The van der Waals surface area contributed by atoms with E-state index in [1.807, 2.05) is 13.0 Å². The molecular formula is C13H14ClNO3. The highest BCUT2D eigenvalue weighted by Crippen LogP contribution is 2.35. The fraction of sp³-hybridized carbons (Fsp3) is 0.385. The van der Waals surface area contributed by atoms with Gasteiger partial charge in [0.1, 0.15) is 0 Å². The summed E-state index contributed by atoms with van der Waals surface area (Å²) in [7, 11) is 0. The predicted molar refractivity (Wildman–Crippen MR) is 69.6 cm³/mol. The van der Waals surface area contributed by atoms with Crippen molar-refractivity contribution in [3.63, 3.8) is 0 Å². The summed E-state index contributed by atoms with van der Waals surface area (Å²) < 4.78 is 5.51. The fourth-order valence-corrected chi connectivity index (χ4v) is 2.00. The Morgan fingerprint density at radius 1 is 1.50 bits per heavy atom. The van der Waals surface area contributed by atoms with Crippen molar-refractivity contribution in [1.82, 2.24) is 0 Å². The second-order valence-corrected chi connectivity index (χ2v) is 4.45. The van der Waals surface area contributed by atoms with Crippen LogP contribution < -0.4 is 10.1 Å². The van der Waals surface area contributed by atoms with Crippen LogP contribution in [0.25, 0.3) is 0 Å². The lowest BCUT2D eigenvalue weighted by Crippen LogP contribution is -2.35. The van der Waals surface area contributed by atoms with Crippen LogP contribution >= 0.6 is 11.6 Å². The molecule has 5 heteroatoms. The van der Waals surface area contributed by atoms with Crippen LogP contribution in [-0.2, 0) is 11.2 Å². The van der Waals surface area contributed by atoms with Crippen LogP contribution in [0.1, 0.15) is 29.8 Å². The molecule has 18 heavy (non-hydrogen) atoms. The number of anilines is 1. The number of rotatable bonds is 3. The van der Waals surface area contributed by atoms with Gasteiger partial charge in [-0.05, 0) is 31.0 Å². The number of alkyl halides is 1. The van der Waals surface area contributed by atoms with Gasteiger partial charge in [0.25, 0.3) is 5.91 Å². The first-order chi connectivity index (χ1) is 8.56. The molecule has 1 aliphatic heterocycles. The molecule has 0 aromatic heterocycles. The third-order valence-corrected chi connectivity index (χ3v) is 3.14. The van der Waals surface area contributed by atoms with Gasteiger partial charge in [-0.2, -0.15) is 0 Å². The minimum absolute atomic E-state index is 0.106. The molecule has 1 aromatic rings. The van der Waals surface area contributed by atoms with Crippen LogP contribution in [0.4, 0.5) is 5.69 Å². The number of hydrogen-bond acceptors (Lipinski definition) is 3. The Labute approximate surface area is 110 Å². The Balaban J connectivity index is 2.56. The predicted octanol–water partition coefficient (Wildman–Crippen LogP) is 2.39. The van der Waals surface area contributed by atoms with Crippen LogP contribution in [0, 0.1) is 0 Å². The monoisotopic (exact) mass is 267 g/mol. The molecule has 0 saturated carbocycles. The summed E-state index contributed by atoms with van der Waals surface area (Å²) in [6.45, 7) is 3.62. The van der Waals surface area contributed by atoms with Crippen LogP contribution in [0.5, 0.6) is 5.75 Å². The Bertz CT molecular complexity index is 513. The number of amides is 1. The molecule has 0 saturated heterocycles. The van der Waals surface area contributed by atoms with E-state index in [0.29, 0.717) is 17.0 Å². The van der Waals surface area contributed by atoms with Crippen LogP contribution in [-0.4, -0.2) is 23.7 Å². The van der Waals surface area contributed by atoms with Gasteiger partial charge in [-0.25, -0.2) is 0 Å². The number of halogens is 1. The van der Waals surface area contributed by atoms with E-state index in [1.54, 1.807) is 13.0 Å². The first-order valence-electron chi connectivity index (χ1n) is 5.80. The Hall–Kier alpha value is -1.55. The van der Waals surface area contributed by atoms with Gasteiger partial charge in [-0.15, -0.1) is 11.6 Å². The molecular weight excluding hydrogens is 254 g/mol. The van der Waals surface area contributed by atoms with Crippen molar-refractivity contribution in [2.24, 2.45) is 0 Å². The fourth-order valence-electron chi connectivity index (χ4n) is 1.86. The molecule has 1 aromatic carbocycles. The minimum Gasteiger partial charge on any atom is -0.478 e. The van der Waals surface area contributed by atoms with E-state index in [2.05, 4.69) is 5.32 Å². The average molecular weight is 268 g/mol. The second-order valence-electron chi connectivity index (χ2n) is 4.18. The molecule has 1 atom stereocenters. The van der Waals surface area contributed by atoms with Gasteiger partial charge in [-0.1, -0.05) is 6.92 Å². The van der Waals surface area contributed by atoms with E-state index < -0.39 is 6.10 Å². The zero-order valence-corrected chi connectivity index (χ0v) is 11.0. The second kappa shape index (κ2) is 4.98. The minimum atomic E-state index is -0.605. The number of benzene rings is 1. The zero-order chi connectivity index (χ0) is 13.3. The van der Waals surface area contributed by atoms with Crippen LogP contribution in [0.15, 0.2) is 12.1 Å². The van der Waals surface area contributed by atoms with Crippen molar-refractivity contribution in [2.45, 2.75) is 26.4 Å². The lowest BCUT2D eigenvalue weighted by Gasteiger charge is -2.25. The first-order valence-corrected chi connectivity index (χ1v) is 6.33. The molecule has 0 spiro atoms. The van der Waals surface area contributed by atoms with E-state index in [1.165, 1.54) is 0 Å². The number of nitrogens with one attached hydrogen (secondary N) is 1. The lowest BCUT2D eigenvalue weighted by atomic mass is 10.0. The Morgan fingerprint density at radius 2 is 2.22 bits per heavy atom. The van der Waals surface area contributed by atoms with E-state index in [0.717, 1.165) is 12.0 Å². The van der Waals surface area contributed by atoms with E-state index in [-0.39, 0.29) is 17.6 Å². The molecule has 4 nitrogen and oxygen atoms in total. The summed E-state index contributed by atoms with van der Waals surface area (Å²) in [5.74, 6) is -0.0952. The topological polar surface area (TPSA) is 55.4 Å². The number of aryl methyl sites for hydroxylation is 1. The number of fused-ring (bicyclic) bond motifs is 1. The molecule has 1 aliphatic rings. The van der Waals surface area contributed by atoms with Gasteiger partial charge in [0.15, 0.2) is 17.6 Å². The maximum atomic E-state index is 11.8. The van der Waals surface area contributed by atoms with Gasteiger partial charge >= 0.3 is 0 Å². The van der Waals surface area contributed by atoms with E-state index in [9.17, 15) is 9.59 Å². The van der Waals surface area contributed by atoms with Crippen molar-refractivity contribution in [1.29, 1.82) is 0 Å². The smallest absolute Gasteiger partial charge is 0.265 e. The summed E-state index contributed by atoms with van der Waals surface area (Å²) in [5.41, 5.74) is 1.94. The molecule has 0 fully saturated rings. The average Bonchev–Trinajstić information content (AvgIpc) is 2.38. The summed E-state index contributed by atoms with van der Waals surface area (Å²) in [6, 6.07) is 3.60. The number of carbonyl (C=O) groups is 2. The van der Waals surface area contributed by atoms with Crippen molar-refractivity contribution >= 4 is 29.0 Å². The molecule has 0 bridgehead atoms. The summed E-state index contributed by atoms with van der Waals surface area (Å²) >= 11 is 5.60. The number of carbonyl (C=O) groups excluding carboxylic acids is 2. The van der Waals surface area contributed by atoms with Crippen molar-refractivity contribution in [3.8, 4) is 5.75 Å². The largest absolute Gasteiger partial charge is 0.478 e. The molecule has 1 unspecified atom stereocenters. The van der Waals surface area contributed by atoms with E-state index >= 15 is 0 Å². The van der Waals surface area contributed by atoms with Gasteiger partial charge in [0.05, 0.1) is 17.1 Å². The molecule has 1 heterocycles. The molecule has 1 amide bonds. The van der Waals surface area contributed by atoms with Gasteiger partial charge < -0.3 is 10.1 Å². The van der Waals surface area contributed by atoms with Crippen LogP contribution in [0.2, 0.25) is 0 Å². The Kier molecular flexibility index (Phi) is 3.57. The quantitative estimate of drug-likeness (QED) is 0.676. The number of ketones is 1. The van der Waals surface area contributed by atoms with Gasteiger partial charge in [0.2, 0.25) is 0 Å². The number of hydrogen-bond donors (Lipinski definition) is 1. The summed E-state index contributed by atoms with van der Waals surface area (Å²) in [6.07, 6.45) is 0.160. The van der Waals surface area contributed by atoms with Crippen LogP contribution in [0.3, 0.4) is 0 Å². The van der Waals surface area contributed by atoms with Crippen molar-refractivity contribution in [3.05, 3.63) is 23.3 Å². The lowest BCUT2D eigenvalue weighted by molar-refractivity contribution is -0.122. The normalized spacial score (nSPS) is 17.7. The molecule has 1 N–H and O–H groups in total. The van der Waals surface area contributed by atoms with Crippen molar-refractivity contribution in [2.75, 3.05) is 11.2 Å².